The van der Waals surface area contributed by atoms with Gasteiger partial charge in [0, 0.05) is 5.56 Å². The van der Waals surface area contributed by atoms with E-state index in [1.807, 2.05) is 25.1 Å². The fourth-order valence-electron chi connectivity index (χ4n) is 3.15. The van der Waals surface area contributed by atoms with Crippen LogP contribution < -0.4 is 20.9 Å². The van der Waals surface area contributed by atoms with Gasteiger partial charge in [0.2, 0.25) is 0 Å². The molecule has 1 atom stereocenters. The summed E-state index contributed by atoms with van der Waals surface area (Å²) in [5.41, 5.74) is 5.09. The Morgan fingerprint density at radius 3 is 2.67 bits per heavy atom. The molecule has 3 N–H and O–H groups in total. The molecule has 1 heterocycles. The van der Waals surface area contributed by atoms with Crippen LogP contribution in [-0.2, 0) is 4.79 Å². The Morgan fingerprint density at radius 1 is 1.43 bits per heavy atom. The summed E-state index contributed by atoms with van der Waals surface area (Å²) < 4.78 is 5.52. The lowest BCUT2D eigenvalue weighted by molar-refractivity contribution is -0.122. The minimum atomic E-state index is -0.413. The summed E-state index contributed by atoms with van der Waals surface area (Å²) in [7, 11) is 1.64. The van der Waals surface area contributed by atoms with Crippen LogP contribution in [0.4, 0.5) is 5.69 Å². The maximum absolute atomic E-state index is 12.1. The lowest BCUT2D eigenvalue weighted by Crippen LogP contribution is -2.56. The van der Waals surface area contributed by atoms with Gasteiger partial charge in [0.15, 0.2) is 0 Å². The Labute approximate surface area is 125 Å². The highest BCUT2D eigenvalue weighted by Gasteiger charge is 2.38. The van der Waals surface area contributed by atoms with Crippen LogP contribution in [0.3, 0.4) is 0 Å². The van der Waals surface area contributed by atoms with Gasteiger partial charge in [0.05, 0.1) is 18.3 Å². The van der Waals surface area contributed by atoms with Crippen molar-refractivity contribution in [2.45, 2.75) is 39.3 Å². The molecule has 0 aromatic heterocycles. The van der Waals surface area contributed by atoms with E-state index < -0.39 is 6.04 Å². The number of hydrazine groups is 1. The fourth-order valence-corrected chi connectivity index (χ4v) is 3.15. The van der Waals surface area contributed by atoms with Crippen LogP contribution in [0, 0.1) is 0 Å². The number of nitrogens with zero attached hydrogens (tertiary/aromatic N) is 1. The van der Waals surface area contributed by atoms with Crippen molar-refractivity contribution in [3.05, 3.63) is 29.8 Å². The molecule has 0 radical (unpaired) electrons. The van der Waals surface area contributed by atoms with Crippen LogP contribution in [0.2, 0.25) is 0 Å². The summed E-state index contributed by atoms with van der Waals surface area (Å²) in [6.07, 6.45) is 2.16. The van der Waals surface area contributed by atoms with Gasteiger partial charge < -0.3 is 9.64 Å². The van der Waals surface area contributed by atoms with Crippen molar-refractivity contribution in [3.8, 4) is 5.75 Å². The van der Waals surface area contributed by atoms with Crippen LogP contribution in [0.25, 0.3) is 5.57 Å². The first-order valence-electron chi connectivity index (χ1n) is 7.00. The standard InChI is InChI=1S/C16H23N3O2/c1-10-9-16(3,4)19(11(2)15(20)18-17)14-12(10)7-6-8-13(14)21-5/h6-9,11H,17H2,1-5H3,(H,18,20)/t11-/m1/s1. The van der Waals surface area contributed by atoms with Gasteiger partial charge >= 0.3 is 0 Å². The fraction of sp³-hybridized carbons (Fsp3) is 0.438. The van der Waals surface area contributed by atoms with Crippen molar-refractivity contribution in [2.75, 3.05) is 12.0 Å². The third kappa shape index (κ3) is 2.49. The van der Waals surface area contributed by atoms with Gasteiger partial charge in [0.25, 0.3) is 5.91 Å². The Hall–Kier alpha value is -2.01. The molecule has 1 aliphatic rings. The Balaban J connectivity index is 2.67. The quantitative estimate of drug-likeness (QED) is 0.508. The summed E-state index contributed by atoms with van der Waals surface area (Å²) in [6.45, 7) is 8.07. The topological polar surface area (TPSA) is 67.6 Å². The molecule has 21 heavy (non-hydrogen) atoms. The largest absolute Gasteiger partial charge is 0.495 e. The molecule has 0 saturated heterocycles. The number of amides is 1. The van der Waals surface area contributed by atoms with Crippen molar-refractivity contribution < 1.29 is 9.53 Å². The zero-order chi connectivity index (χ0) is 15.8. The van der Waals surface area contributed by atoms with Crippen molar-refractivity contribution in [1.29, 1.82) is 0 Å². The summed E-state index contributed by atoms with van der Waals surface area (Å²) in [5.74, 6) is 5.84. The average Bonchev–Trinajstić information content (AvgIpc) is 2.44. The van der Waals surface area contributed by atoms with Crippen LogP contribution >= 0.6 is 0 Å². The van der Waals surface area contributed by atoms with E-state index in [1.165, 1.54) is 5.57 Å². The highest BCUT2D eigenvalue weighted by molar-refractivity contribution is 5.91. The van der Waals surface area contributed by atoms with Gasteiger partial charge in [-0.25, -0.2) is 5.84 Å². The number of benzene rings is 1. The lowest BCUT2D eigenvalue weighted by atomic mass is 9.87. The Bertz CT molecular complexity index is 593. The van der Waals surface area contributed by atoms with Gasteiger partial charge in [-0.05, 0) is 39.3 Å². The van der Waals surface area contributed by atoms with Crippen molar-refractivity contribution in [3.63, 3.8) is 0 Å². The predicted molar refractivity (Wildman–Crippen MR) is 85.0 cm³/mol. The summed E-state index contributed by atoms with van der Waals surface area (Å²) >= 11 is 0. The molecular formula is C16H23N3O2. The van der Waals surface area contributed by atoms with E-state index in [1.54, 1.807) is 7.11 Å². The first-order chi connectivity index (χ1) is 9.83. The molecule has 114 valence electrons. The number of carbonyl (C=O) groups excluding carboxylic acids is 1. The lowest BCUT2D eigenvalue weighted by Gasteiger charge is -2.46. The second-order valence-corrected chi connectivity index (χ2v) is 5.89. The smallest absolute Gasteiger partial charge is 0.256 e. The van der Waals surface area contributed by atoms with Gasteiger partial charge in [-0.15, -0.1) is 0 Å². The number of carbonyl (C=O) groups is 1. The van der Waals surface area contributed by atoms with Gasteiger partial charge in [-0.2, -0.15) is 0 Å². The molecule has 5 nitrogen and oxygen atoms in total. The predicted octanol–water partition coefficient (Wildman–Crippen LogP) is 2.08. The molecule has 1 amide bonds. The van der Waals surface area contributed by atoms with Gasteiger partial charge in [-0.1, -0.05) is 18.2 Å². The maximum atomic E-state index is 12.1. The number of rotatable bonds is 3. The van der Waals surface area contributed by atoms with Gasteiger partial charge in [-0.3, -0.25) is 10.2 Å². The monoisotopic (exact) mass is 289 g/mol. The minimum Gasteiger partial charge on any atom is -0.495 e. The van der Waals surface area contributed by atoms with E-state index >= 15 is 0 Å². The second kappa shape index (κ2) is 5.41. The molecule has 0 unspecified atom stereocenters. The zero-order valence-corrected chi connectivity index (χ0v) is 13.2. The first-order valence-corrected chi connectivity index (χ1v) is 7.00. The molecule has 2 rings (SSSR count). The molecule has 0 fully saturated rings. The Kier molecular flexibility index (Phi) is 3.96. The van der Waals surface area contributed by atoms with Crippen molar-refractivity contribution >= 4 is 17.2 Å². The normalized spacial score (nSPS) is 17.6. The van der Waals surface area contributed by atoms with Crippen LogP contribution in [0.5, 0.6) is 5.75 Å². The molecule has 1 aliphatic heterocycles. The van der Waals surface area contributed by atoms with Crippen molar-refractivity contribution in [1.82, 2.24) is 5.43 Å². The molecule has 1 aromatic carbocycles. The molecule has 5 heteroatoms. The number of nitrogens with two attached hydrogens (primary N) is 1. The van der Waals surface area contributed by atoms with E-state index in [0.717, 1.165) is 17.0 Å². The van der Waals surface area contributed by atoms with Crippen LogP contribution in [0.1, 0.15) is 33.3 Å². The van der Waals surface area contributed by atoms with Crippen molar-refractivity contribution in [2.24, 2.45) is 5.84 Å². The molecule has 1 aromatic rings. The van der Waals surface area contributed by atoms with E-state index in [9.17, 15) is 4.79 Å². The molecule has 0 spiro atoms. The Morgan fingerprint density at radius 2 is 2.10 bits per heavy atom. The zero-order valence-electron chi connectivity index (χ0n) is 13.2. The van der Waals surface area contributed by atoms with Crippen LogP contribution in [-0.4, -0.2) is 24.6 Å². The van der Waals surface area contributed by atoms with Gasteiger partial charge in [0.1, 0.15) is 11.8 Å². The first kappa shape index (κ1) is 15.4. The molecule has 0 aliphatic carbocycles. The summed E-state index contributed by atoms with van der Waals surface area (Å²) in [4.78, 5) is 14.1. The van der Waals surface area contributed by atoms with E-state index in [0.29, 0.717) is 0 Å². The second-order valence-electron chi connectivity index (χ2n) is 5.89. The molecule has 0 saturated carbocycles. The number of nitrogens with one attached hydrogen (secondary N) is 1. The SMILES string of the molecule is COc1cccc2c1N([C@H](C)C(=O)NN)C(C)(C)C=C2C. The van der Waals surface area contributed by atoms with Crippen LogP contribution in [0.15, 0.2) is 24.3 Å². The maximum Gasteiger partial charge on any atom is 0.256 e. The van der Waals surface area contributed by atoms with E-state index in [2.05, 4.69) is 37.2 Å². The number of hydrogen-bond donors (Lipinski definition) is 2. The minimum absolute atomic E-state index is 0.229. The number of para-hydroxylation sites is 1. The van der Waals surface area contributed by atoms with E-state index in [-0.39, 0.29) is 11.4 Å². The number of anilines is 1. The number of ether oxygens (including phenoxy) is 1. The molecular weight excluding hydrogens is 266 g/mol. The third-order valence-electron chi connectivity index (χ3n) is 3.98. The van der Waals surface area contributed by atoms with E-state index in [4.69, 9.17) is 10.6 Å². The molecule has 0 bridgehead atoms. The highest BCUT2D eigenvalue weighted by Crippen LogP contribution is 2.45. The number of methoxy groups -OCH3 is 1. The third-order valence-corrected chi connectivity index (χ3v) is 3.98. The number of hydrogen-bond acceptors (Lipinski definition) is 4. The average molecular weight is 289 g/mol. The number of fused-ring (bicyclic) bond motifs is 1. The summed E-state index contributed by atoms with van der Waals surface area (Å²) in [5, 5.41) is 0. The highest BCUT2D eigenvalue weighted by atomic mass is 16.5. The summed E-state index contributed by atoms with van der Waals surface area (Å²) in [6, 6.07) is 5.50. The number of allylic oxidation sites excluding steroid dienone is 1.